The lowest BCUT2D eigenvalue weighted by atomic mass is 10.4. The Morgan fingerprint density at radius 2 is 2.19 bits per heavy atom. The molecule has 2 N–H and O–H groups in total. The summed E-state index contributed by atoms with van der Waals surface area (Å²) in [6, 6.07) is 0. The van der Waals surface area contributed by atoms with Crippen LogP contribution in [0.25, 0.3) is 28.4 Å². The fourth-order valence-electron chi connectivity index (χ4n) is 2.12. The Labute approximate surface area is 122 Å². The number of oxazole rings is 1. The van der Waals surface area contributed by atoms with Crippen molar-refractivity contribution in [3.8, 4) is 11.7 Å². The molecule has 0 unspecified atom stereocenters. The average Bonchev–Trinajstić information content (AvgIpc) is 3.16. The monoisotopic (exact) mass is 304 g/mol. The Balaban J connectivity index is 2.01. The van der Waals surface area contributed by atoms with E-state index >= 15 is 0 Å². The molecule has 0 amide bonds. The summed E-state index contributed by atoms with van der Waals surface area (Å²) in [6.07, 6.45) is 4.64. The summed E-state index contributed by atoms with van der Waals surface area (Å²) < 4.78 is 8.31. The van der Waals surface area contributed by atoms with Gasteiger partial charge in [-0.1, -0.05) is 0 Å². The molecule has 0 aromatic carbocycles. The highest BCUT2D eigenvalue weighted by atomic mass is 35.5. The molecule has 10 heteroatoms. The van der Waals surface area contributed by atoms with E-state index in [0.717, 1.165) is 5.39 Å². The van der Waals surface area contributed by atoms with Crippen LogP contribution in [0, 0.1) is 0 Å². The normalized spacial score (nSPS) is 11.7. The Hall–Kier alpha value is -2.68. The Morgan fingerprint density at radius 1 is 1.29 bits per heavy atom. The van der Waals surface area contributed by atoms with Gasteiger partial charge in [0.25, 0.3) is 5.89 Å². The summed E-state index contributed by atoms with van der Waals surface area (Å²) >= 11 is 5.75. The number of rotatable bonds is 3. The smallest absolute Gasteiger partial charge is 0.266 e. The largest absolute Gasteiger partial charge is 0.442 e. The van der Waals surface area contributed by atoms with Crippen LogP contribution in [0.2, 0.25) is 0 Å². The molecule has 0 bridgehead atoms. The first-order valence-corrected chi connectivity index (χ1v) is 6.65. The molecule has 0 aliphatic carbocycles. The molecule has 0 aliphatic rings. The lowest BCUT2D eigenvalue weighted by Gasteiger charge is -2.01. The summed E-state index contributed by atoms with van der Waals surface area (Å²) in [4.78, 5) is 12.7. The van der Waals surface area contributed by atoms with Crippen molar-refractivity contribution in [1.82, 2.24) is 34.3 Å². The van der Waals surface area contributed by atoms with E-state index < -0.39 is 0 Å². The third-order valence-corrected chi connectivity index (χ3v) is 3.19. The number of fused-ring (bicyclic) bond motifs is 3. The Bertz CT molecular complexity index is 925. The van der Waals surface area contributed by atoms with Crippen LogP contribution in [-0.2, 0) is 6.54 Å². The summed E-state index contributed by atoms with van der Waals surface area (Å²) in [5.41, 5.74) is 7.10. The molecule has 9 nitrogen and oxygen atoms in total. The summed E-state index contributed by atoms with van der Waals surface area (Å²) in [7, 11) is 0. The molecule has 0 saturated carbocycles. The van der Waals surface area contributed by atoms with Crippen molar-refractivity contribution in [3.05, 3.63) is 18.7 Å². The maximum Gasteiger partial charge on any atom is 0.266 e. The van der Waals surface area contributed by atoms with Crippen molar-refractivity contribution in [2.75, 3.05) is 11.6 Å². The maximum absolute atomic E-state index is 5.94. The maximum atomic E-state index is 5.94. The fraction of sp³-hybridized carbons (Fsp3) is 0.182. The third kappa shape index (κ3) is 1.74. The number of nitrogens with two attached hydrogens (primary N) is 1. The van der Waals surface area contributed by atoms with Crippen LogP contribution in [0.1, 0.15) is 0 Å². The quantitative estimate of drug-likeness (QED) is 0.560. The number of nitrogen functional groups attached to an aromatic ring is 1. The number of anilines is 1. The topological polar surface area (TPSA) is 113 Å². The number of halogens is 1. The number of aryl methyl sites for hydroxylation is 1. The van der Waals surface area contributed by atoms with Gasteiger partial charge in [0.05, 0.1) is 24.3 Å². The number of hydrogen-bond donors (Lipinski definition) is 1. The van der Waals surface area contributed by atoms with Crippen LogP contribution < -0.4 is 5.73 Å². The minimum atomic E-state index is 0.208. The molecule has 21 heavy (non-hydrogen) atoms. The van der Waals surface area contributed by atoms with E-state index in [2.05, 4.69) is 25.1 Å². The summed E-state index contributed by atoms with van der Waals surface area (Å²) in [5.74, 6) is 1.29. The lowest BCUT2D eigenvalue weighted by Crippen LogP contribution is -2.06. The fourth-order valence-corrected chi connectivity index (χ4v) is 2.28. The number of hydrogen-bond acceptors (Lipinski definition) is 7. The van der Waals surface area contributed by atoms with Gasteiger partial charge in [0, 0.05) is 5.88 Å². The van der Waals surface area contributed by atoms with E-state index in [9.17, 15) is 0 Å². The molecule has 4 rings (SSSR count). The minimum absolute atomic E-state index is 0.208. The highest BCUT2D eigenvalue weighted by Gasteiger charge is 2.17. The zero-order valence-corrected chi connectivity index (χ0v) is 11.4. The van der Waals surface area contributed by atoms with Gasteiger partial charge >= 0.3 is 0 Å². The van der Waals surface area contributed by atoms with E-state index in [0.29, 0.717) is 35.4 Å². The van der Waals surface area contributed by atoms with Crippen molar-refractivity contribution in [3.63, 3.8) is 0 Å². The molecule has 0 spiro atoms. The van der Waals surface area contributed by atoms with Gasteiger partial charge in [-0.05, 0) is 0 Å². The molecule has 0 saturated heterocycles. The summed E-state index contributed by atoms with van der Waals surface area (Å²) in [5, 5.41) is 9.24. The average molecular weight is 305 g/mol. The van der Waals surface area contributed by atoms with Gasteiger partial charge in [-0.2, -0.15) is 14.6 Å². The van der Waals surface area contributed by atoms with Crippen molar-refractivity contribution in [2.24, 2.45) is 0 Å². The van der Waals surface area contributed by atoms with E-state index in [1.54, 1.807) is 10.9 Å². The second kappa shape index (κ2) is 4.42. The van der Waals surface area contributed by atoms with Crippen LogP contribution >= 0.6 is 11.6 Å². The van der Waals surface area contributed by atoms with Crippen molar-refractivity contribution < 1.29 is 4.42 Å². The number of nitrogens with zero attached hydrogens (tertiary/aromatic N) is 7. The standard InChI is InChI=1S/C11H9ClN8O/c12-1-3-19-8-6(5-15-19)9-16-7(10-14-2-4-21-10)18-20(9)11(13)17-8/h2,4-5H,1,3H2,(H2,13,17). The van der Waals surface area contributed by atoms with Crippen LogP contribution in [-0.4, -0.2) is 40.2 Å². The first-order valence-electron chi connectivity index (χ1n) is 6.11. The highest BCUT2D eigenvalue weighted by molar-refractivity contribution is 6.17. The van der Waals surface area contributed by atoms with Gasteiger partial charge in [0.2, 0.25) is 11.8 Å². The molecule has 0 fully saturated rings. The van der Waals surface area contributed by atoms with E-state index in [-0.39, 0.29) is 5.95 Å². The van der Waals surface area contributed by atoms with Crippen molar-refractivity contribution in [1.29, 1.82) is 0 Å². The number of alkyl halides is 1. The van der Waals surface area contributed by atoms with Gasteiger partial charge in [0.1, 0.15) is 6.26 Å². The zero-order valence-electron chi connectivity index (χ0n) is 10.6. The van der Waals surface area contributed by atoms with Crippen LogP contribution in [0.15, 0.2) is 23.1 Å². The number of aromatic nitrogens is 7. The van der Waals surface area contributed by atoms with Crippen LogP contribution in [0.5, 0.6) is 0 Å². The molecule has 4 aromatic rings. The predicted molar refractivity (Wildman–Crippen MR) is 74.7 cm³/mol. The van der Waals surface area contributed by atoms with E-state index in [1.807, 2.05) is 0 Å². The van der Waals surface area contributed by atoms with Crippen LogP contribution in [0.4, 0.5) is 5.95 Å². The van der Waals surface area contributed by atoms with Gasteiger partial charge in [0.15, 0.2) is 11.3 Å². The third-order valence-electron chi connectivity index (χ3n) is 3.02. The Kier molecular flexibility index (Phi) is 2.54. The minimum Gasteiger partial charge on any atom is -0.442 e. The first-order chi connectivity index (χ1) is 10.3. The lowest BCUT2D eigenvalue weighted by molar-refractivity contribution is 0.569. The second-order valence-corrected chi connectivity index (χ2v) is 4.65. The van der Waals surface area contributed by atoms with Crippen LogP contribution in [0.3, 0.4) is 0 Å². The summed E-state index contributed by atoms with van der Waals surface area (Å²) in [6.45, 7) is 0.536. The SMILES string of the molecule is Nc1nc2c(cnn2CCCl)c2nc(-c3ncco3)nn12. The second-order valence-electron chi connectivity index (χ2n) is 4.27. The van der Waals surface area contributed by atoms with E-state index in [1.165, 1.54) is 17.0 Å². The zero-order chi connectivity index (χ0) is 14.4. The molecular formula is C11H9ClN8O. The molecule has 0 atom stereocenters. The van der Waals surface area contributed by atoms with Gasteiger partial charge < -0.3 is 10.2 Å². The van der Waals surface area contributed by atoms with Crippen molar-refractivity contribution in [2.45, 2.75) is 6.54 Å². The first kappa shape index (κ1) is 12.1. The van der Waals surface area contributed by atoms with Gasteiger partial charge in [-0.25, -0.2) is 14.6 Å². The predicted octanol–water partition coefficient (Wildman–Crippen LogP) is 0.950. The molecule has 4 heterocycles. The van der Waals surface area contributed by atoms with E-state index in [4.69, 9.17) is 21.8 Å². The molecule has 0 radical (unpaired) electrons. The van der Waals surface area contributed by atoms with Gasteiger partial charge in [-0.15, -0.1) is 16.7 Å². The molecular weight excluding hydrogens is 296 g/mol. The van der Waals surface area contributed by atoms with Gasteiger partial charge in [-0.3, -0.25) is 0 Å². The molecule has 0 aliphatic heterocycles. The molecule has 4 aromatic heterocycles. The Morgan fingerprint density at radius 3 is 2.95 bits per heavy atom. The molecule has 106 valence electrons. The van der Waals surface area contributed by atoms with Crippen molar-refractivity contribution >= 4 is 34.2 Å². The highest BCUT2D eigenvalue weighted by Crippen LogP contribution is 2.22.